The molecule has 1 saturated heterocycles. The van der Waals surface area contributed by atoms with Crippen molar-refractivity contribution in [1.82, 2.24) is 25.0 Å². The summed E-state index contributed by atoms with van der Waals surface area (Å²) in [5.41, 5.74) is 4.85. The fraction of sp³-hybridized carbons (Fsp3) is 0.333. The van der Waals surface area contributed by atoms with E-state index in [-0.39, 0.29) is 0 Å². The van der Waals surface area contributed by atoms with Crippen molar-refractivity contribution in [2.75, 3.05) is 25.5 Å². The zero-order chi connectivity index (χ0) is 19.8. The van der Waals surface area contributed by atoms with Crippen LogP contribution in [0.1, 0.15) is 18.4 Å². The maximum Gasteiger partial charge on any atom is 0.143 e. The predicted octanol–water partition coefficient (Wildman–Crippen LogP) is 2.24. The quantitative estimate of drug-likeness (QED) is 0.839. The number of anilines is 1. The number of aliphatic imine (C=N–C) groups is 2. The van der Waals surface area contributed by atoms with Gasteiger partial charge in [-0.1, -0.05) is 0 Å². The third-order valence-corrected chi connectivity index (χ3v) is 5.53. The lowest BCUT2D eigenvalue weighted by Crippen LogP contribution is -2.38. The lowest BCUT2D eigenvalue weighted by molar-refractivity contribution is 0.449. The minimum atomic E-state index is 0.346. The van der Waals surface area contributed by atoms with Gasteiger partial charge in [-0.2, -0.15) is 5.10 Å². The minimum absolute atomic E-state index is 0.346. The lowest BCUT2D eigenvalue weighted by Gasteiger charge is -2.33. The molecular formula is C21H24N8. The average molecular weight is 388 g/mol. The Hall–Kier alpha value is -3.26. The van der Waals surface area contributed by atoms with Gasteiger partial charge in [0.15, 0.2) is 0 Å². The summed E-state index contributed by atoms with van der Waals surface area (Å²) in [5, 5.41) is 11.4. The smallest absolute Gasteiger partial charge is 0.143 e. The second kappa shape index (κ2) is 7.29. The molecule has 2 aromatic rings. The van der Waals surface area contributed by atoms with Crippen LogP contribution in [0.2, 0.25) is 0 Å². The lowest BCUT2D eigenvalue weighted by atomic mass is 9.91. The number of nitrogens with zero attached hydrogens (tertiary/aromatic N) is 6. The van der Waals surface area contributed by atoms with Crippen LogP contribution in [0, 0.1) is 5.92 Å². The van der Waals surface area contributed by atoms with Crippen molar-refractivity contribution in [3.63, 3.8) is 0 Å². The molecule has 1 atom stereocenters. The number of hydrogen-bond acceptors (Lipinski definition) is 7. The van der Waals surface area contributed by atoms with Crippen molar-refractivity contribution in [3.8, 4) is 0 Å². The number of rotatable bonds is 4. The van der Waals surface area contributed by atoms with Crippen LogP contribution in [0.5, 0.6) is 0 Å². The van der Waals surface area contributed by atoms with Crippen LogP contribution in [0.3, 0.4) is 0 Å². The molecule has 148 valence electrons. The summed E-state index contributed by atoms with van der Waals surface area (Å²) in [7, 11) is 3.95. The normalized spacial score (nSPS) is 21.5. The number of hydrogen-bond donors (Lipinski definition) is 2. The summed E-state index contributed by atoms with van der Waals surface area (Å²) < 4.78 is 1.80. The molecular weight excluding hydrogens is 364 g/mol. The van der Waals surface area contributed by atoms with Gasteiger partial charge in [-0.15, -0.1) is 0 Å². The van der Waals surface area contributed by atoms with Crippen LogP contribution in [0.4, 0.5) is 5.69 Å². The highest BCUT2D eigenvalue weighted by molar-refractivity contribution is 6.17. The van der Waals surface area contributed by atoms with Gasteiger partial charge in [0.05, 0.1) is 23.8 Å². The highest BCUT2D eigenvalue weighted by Crippen LogP contribution is 2.35. The fourth-order valence-corrected chi connectivity index (χ4v) is 4.03. The molecule has 1 unspecified atom stereocenters. The van der Waals surface area contributed by atoms with Crippen LogP contribution in [0.15, 0.2) is 64.2 Å². The van der Waals surface area contributed by atoms with Gasteiger partial charge >= 0.3 is 0 Å². The Bertz CT molecular complexity index is 1040. The van der Waals surface area contributed by atoms with E-state index in [0.717, 1.165) is 65.8 Å². The summed E-state index contributed by atoms with van der Waals surface area (Å²) in [6.07, 6.45) is 11.6. The van der Waals surface area contributed by atoms with Gasteiger partial charge in [0.1, 0.15) is 17.3 Å². The first-order valence-electron chi connectivity index (χ1n) is 9.93. The van der Waals surface area contributed by atoms with Crippen molar-refractivity contribution < 1.29 is 0 Å². The number of allylic oxidation sites excluding steroid dienone is 2. The zero-order valence-electron chi connectivity index (χ0n) is 16.6. The second-order valence-corrected chi connectivity index (χ2v) is 7.56. The number of aromatic nitrogens is 3. The zero-order valence-corrected chi connectivity index (χ0v) is 16.6. The van der Waals surface area contributed by atoms with Crippen molar-refractivity contribution in [2.24, 2.45) is 23.0 Å². The van der Waals surface area contributed by atoms with Crippen LogP contribution in [-0.4, -0.2) is 51.7 Å². The third kappa shape index (κ3) is 3.25. The molecule has 0 spiro atoms. The number of nitrogens with one attached hydrogen (secondary N) is 2. The molecule has 1 fully saturated rings. The monoisotopic (exact) mass is 388 g/mol. The molecule has 8 nitrogen and oxygen atoms in total. The van der Waals surface area contributed by atoms with E-state index in [0.29, 0.717) is 5.92 Å². The maximum absolute atomic E-state index is 5.11. The molecule has 6 rings (SSSR count). The van der Waals surface area contributed by atoms with Crippen molar-refractivity contribution in [3.05, 3.63) is 59.8 Å². The topological polar surface area (TPSA) is 82.7 Å². The van der Waals surface area contributed by atoms with E-state index in [1.807, 2.05) is 51.0 Å². The number of pyridine rings is 1. The first-order chi connectivity index (χ1) is 14.2. The van der Waals surface area contributed by atoms with E-state index in [4.69, 9.17) is 9.98 Å². The van der Waals surface area contributed by atoms with Gasteiger partial charge in [0.25, 0.3) is 0 Å². The molecule has 0 radical (unpaired) electrons. The van der Waals surface area contributed by atoms with Gasteiger partial charge in [-0.25, -0.2) is 4.99 Å². The molecule has 29 heavy (non-hydrogen) atoms. The Morgan fingerprint density at radius 1 is 1.24 bits per heavy atom. The minimum Gasteiger partial charge on any atom is -0.338 e. The second-order valence-electron chi connectivity index (χ2n) is 7.56. The number of aryl methyl sites for hydroxylation is 1. The summed E-state index contributed by atoms with van der Waals surface area (Å²) >= 11 is 0. The number of piperidine rings is 1. The van der Waals surface area contributed by atoms with Crippen molar-refractivity contribution in [2.45, 2.75) is 12.8 Å². The fourth-order valence-electron chi connectivity index (χ4n) is 4.03. The molecule has 0 aliphatic carbocycles. The highest BCUT2D eigenvalue weighted by Gasteiger charge is 2.34. The molecule has 8 heteroatoms. The summed E-state index contributed by atoms with van der Waals surface area (Å²) in [4.78, 5) is 16.3. The Morgan fingerprint density at radius 2 is 2.17 bits per heavy atom. The molecule has 0 aromatic carbocycles. The standard InChI is InChI=1S/C21H24N8/c1-28-13-15(10-25-28)17-12-24-19-18(14-5-3-7-22-9-14)27-20(17)29(2)21(19)26-16-6-4-8-23-11-16/h4,6,8,10-14,22,26H,3,5,7,9H2,1-2H3. The first-order valence-corrected chi connectivity index (χ1v) is 9.93. The van der Waals surface area contributed by atoms with E-state index >= 15 is 0 Å². The van der Waals surface area contributed by atoms with Crippen LogP contribution >= 0.6 is 0 Å². The van der Waals surface area contributed by atoms with Gasteiger partial charge in [-0.3, -0.25) is 14.7 Å². The van der Waals surface area contributed by atoms with Gasteiger partial charge in [0, 0.05) is 56.3 Å². The van der Waals surface area contributed by atoms with Gasteiger partial charge in [0.2, 0.25) is 0 Å². The largest absolute Gasteiger partial charge is 0.338 e. The SMILES string of the molecule is CN1C2=C(c3cnn(C)c3)C=NC(=C1Nc1cccnc1)C(C1CCCNC1)=N2. The molecule has 2 N–H and O–H groups in total. The molecule has 4 aliphatic heterocycles. The first kappa shape index (κ1) is 17.8. The third-order valence-electron chi connectivity index (χ3n) is 5.53. The van der Waals surface area contributed by atoms with Crippen molar-refractivity contribution >= 4 is 23.2 Å². The summed E-state index contributed by atoms with van der Waals surface area (Å²) in [6, 6.07) is 3.93. The molecule has 6 heterocycles. The number of fused-ring (bicyclic) bond motifs is 2. The molecule has 0 amide bonds. The van der Waals surface area contributed by atoms with E-state index in [9.17, 15) is 0 Å². The van der Waals surface area contributed by atoms with Crippen LogP contribution in [-0.2, 0) is 7.05 Å². The van der Waals surface area contributed by atoms with E-state index < -0.39 is 0 Å². The molecule has 2 bridgehead atoms. The van der Waals surface area contributed by atoms with E-state index in [1.54, 1.807) is 10.9 Å². The van der Waals surface area contributed by atoms with E-state index in [2.05, 4.69) is 25.6 Å². The van der Waals surface area contributed by atoms with Crippen LogP contribution < -0.4 is 10.6 Å². The maximum atomic E-state index is 5.11. The predicted molar refractivity (Wildman–Crippen MR) is 114 cm³/mol. The molecule has 4 aliphatic rings. The van der Waals surface area contributed by atoms with Gasteiger partial charge < -0.3 is 15.5 Å². The van der Waals surface area contributed by atoms with Crippen molar-refractivity contribution in [1.29, 1.82) is 0 Å². The Labute approximate surface area is 169 Å². The molecule has 0 saturated carbocycles. The average Bonchev–Trinajstić information content (AvgIpc) is 3.03. The summed E-state index contributed by atoms with van der Waals surface area (Å²) in [5.74, 6) is 2.16. The van der Waals surface area contributed by atoms with Crippen LogP contribution in [0.25, 0.3) is 5.57 Å². The van der Waals surface area contributed by atoms with Gasteiger partial charge in [-0.05, 0) is 31.5 Å². The molecule has 2 aromatic heterocycles. The Kier molecular flexibility index (Phi) is 4.48. The highest BCUT2D eigenvalue weighted by atomic mass is 15.3. The summed E-state index contributed by atoms with van der Waals surface area (Å²) in [6.45, 7) is 1.99. The Morgan fingerprint density at radius 3 is 2.90 bits per heavy atom. The van der Waals surface area contributed by atoms with E-state index in [1.165, 1.54) is 0 Å². The Balaban J connectivity index is 1.63.